The Balaban J connectivity index is 4.56. The van der Waals surface area contributed by atoms with E-state index >= 15 is 0 Å². The maximum absolute atomic E-state index is 12.8. The van der Waals surface area contributed by atoms with E-state index in [1.54, 1.807) is 0 Å². The summed E-state index contributed by atoms with van der Waals surface area (Å²) in [7, 11) is 0. The Hall–Kier alpha value is -4.45. The van der Waals surface area contributed by atoms with Crippen molar-refractivity contribution in [2.75, 3.05) is 13.2 Å². The van der Waals surface area contributed by atoms with Crippen molar-refractivity contribution in [3.63, 3.8) is 0 Å². The minimum absolute atomic E-state index is 0.117. The summed E-state index contributed by atoms with van der Waals surface area (Å²) in [5.41, 5.74) is 0. The van der Waals surface area contributed by atoms with Crippen molar-refractivity contribution in [3.05, 3.63) is 134 Å². The Bertz CT molecular complexity index is 1450. The van der Waals surface area contributed by atoms with E-state index in [0.717, 1.165) is 154 Å². The molecular weight excluding hydrogens is 805 g/mol. The predicted molar refractivity (Wildman–Crippen MR) is 279 cm³/mol. The first-order chi connectivity index (χ1) is 32.0. The first kappa shape index (κ1) is 60.5. The molecule has 0 heterocycles. The number of ether oxygens (including phenoxy) is 3. The molecule has 0 spiro atoms. The predicted octanol–water partition coefficient (Wildman–Crippen LogP) is 17.1. The molecule has 0 radical (unpaired) electrons. The molecule has 6 nitrogen and oxygen atoms in total. The van der Waals surface area contributed by atoms with E-state index in [-0.39, 0.29) is 44.0 Å². The Kier molecular flexibility index (Phi) is 48.6. The summed E-state index contributed by atoms with van der Waals surface area (Å²) >= 11 is 0. The van der Waals surface area contributed by atoms with E-state index in [4.69, 9.17) is 14.2 Å². The van der Waals surface area contributed by atoms with Crippen LogP contribution < -0.4 is 0 Å². The number of hydrogen-bond acceptors (Lipinski definition) is 6. The van der Waals surface area contributed by atoms with Crippen molar-refractivity contribution in [1.29, 1.82) is 0 Å². The summed E-state index contributed by atoms with van der Waals surface area (Å²) in [4.78, 5) is 38.0. The van der Waals surface area contributed by atoms with Gasteiger partial charge in [-0.1, -0.05) is 193 Å². The minimum atomic E-state index is -0.822. The molecule has 0 bridgehead atoms. The van der Waals surface area contributed by atoms with Crippen LogP contribution in [0.5, 0.6) is 0 Å². The van der Waals surface area contributed by atoms with Crippen LogP contribution in [0.25, 0.3) is 0 Å². The van der Waals surface area contributed by atoms with Gasteiger partial charge in [-0.25, -0.2) is 0 Å². The zero-order valence-electron chi connectivity index (χ0n) is 41.4. The maximum Gasteiger partial charge on any atom is 0.306 e. The van der Waals surface area contributed by atoms with Crippen molar-refractivity contribution in [2.45, 2.75) is 207 Å². The van der Waals surface area contributed by atoms with Crippen LogP contribution in [0.4, 0.5) is 0 Å². The Morgan fingerprint density at radius 2 is 0.569 bits per heavy atom. The number of hydrogen-bond donors (Lipinski definition) is 0. The van der Waals surface area contributed by atoms with Gasteiger partial charge in [-0.05, 0) is 122 Å². The average Bonchev–Trinajstić information content (AvgIpc) is 3.30. The Labute approximate surface area is 398 Å². The quantitative estimate of drug-likeness (QED) is 0.0262. The zero-order valence-corrected chi connectivity index (χ0v) is 41.4. The second kappa shape index (κ2) is 52.2. The van der Waals surface area contributed by atoms with Gasteiger partial charge < -0.3 is 14.2 Å². The molecule has 0 aliphatic carbocycles. The molecular formula is C59H92O6. The first-order valence-electron chi connectivity index (χ1n) is 25.7. The molecule has 0 fully saturated rings. The summed E-state index contributed by atoms with van der Waals surface area (Å²) in [6.45, 7) is 6.20. The molecule has 0 aliphatic heterocycles. The fraction of sp³-hybridized carbons (Fsp3) is 0.576. The summed E-state index contributed by atoms with van der Waals surface area (Å²) in [6.07, 6.45) is 72.9. The van der Waals surface area contributed by atoms with Crippen LogP contribution in [-0.2, 0) is 28.6 Å². The normalized spacial score (nSPS) is 13.2. The van der Waals surface area contributed by atoms with Gasteiger partial charge in [0.1, 0.15) is 13.2 Å². The molecule has 0 aromatic heterocycles. The van der Waals surface area contributed by atoms with Crippen LogP contribution in [0.2, 0.25) is 0 Å². The van der Waals surface area contributed by atoms with Crippen LogP contribution >= 0.6 is 0 Å². The number of rotatable bonds is 44. The van der Waals surface area contributed by atoms with Crippen LogP contribution in [0, 0.1) is 0 Å². The molecule has 0 aromatic rings. The van der Waals surface area contributed by atoms with Gasteiger partial charge in [-0.3, -0.25) is 14.4 Å². The van der Waals surface area contributed by atoms with Crippen LogP contribution in [0.15, 0.2) is 134 Å². The van der Waals surface area contributed by atoms with E-state index in [9.17, 15) is 14.4 Å². The number of allylic oxidation sites excluding steroid dienone is 22. The van der Waals surface area contributed by atoms with Gasteiger partial charge in [0.2, 0.25) is 0 Å². The van der Waals surface area contributed by atoms with Gasteiger partial charge in [-0.15, -0.1) is 0 Å². The fourth-order valence-electron chi connectivity index (χ4n) is 6.39. The van der Waals surface area contributed by atoms with Crippen molar-refractivity contribution in [1.82, 2.24) is 0 Å². The van der Waals surface area contributed by atoms with Gasteiger partial charge in [-0.2, -0.15) is 0 Å². The van der Waals surface area contributed by atoms with Gasteiger partial charge in [0.05, 0.1) is 0 Å². The molecule has 0 N–H and O–H groups in total. The summed E-state index contributed by atoms with van der Waals surface area (Å²) in [5, 5.41) is 0. The van der Waals surface area contributed by atoms with Crippen molar-refractivity contribution >= 4 is 17.9 Å². The van der Waals surface area contributed by atoms with E-state index < -0.39 is 6.10 Å². The lowest BCUT2D eigenvalue weighted by molar-refractivity contribution is -0.167. The lowest BCUT2D eigenvalue weighted by atomic mass is 10.1. The molecule has 6 heteroatoms. The van der Waals surface area contributed by atoms with Gasteiger partial charge in [0.25, 0.3) is 0 Å². The van der Waals surface area contributed by atoms with E-state index in [2.05, 4.69) is 154 Å². The Morgan fingerprint density at radius 1 is 0.308 bits per heavy atom. The molecule has 0 amide bonds. The minimum Gasteiger partial charge on any atom is -0.462 e. The highest BCUT2D eigenvalue weighted by Gasteiger charge is 2.19. The van der Waals surface area contributed by atoms with Crippen LogP contribution in [0.3, 0.4) is 0 Å². The largest absolute Gasteiger partial charge is 0.462 e. The second-order valence-electron chi connectivity index (χ2n) is 16.3. The number of unbranched alkanes of at least 4 members (excludes halogenated alkanes) is 11. The van der Waals surface area contributed by atoms with Crippen molar-refractivity contribution in [2.24, 2.45) is 0 Å². The highest BCUT2D eigenvalue weighted by Crippen LogP contribution is 2.12. The first-order valence-corrected chi connectivity index (χ1v) is 25.7. The van der Waals surface area contributed by atoms with Crippen molar-refractivity contribution in [3.8, 4) is 0 Å². The summed E-state index contributed by atoms with van der Waals surface area (Å²) < 4.78 is 16.7. The van der Waals surface area contributed by atoms with Crippen LogP contribution in [-0.4, -0.2) is 37.2 Å². The summed E-state index contributed by atoms with van der Waals surface area (Å²) in [5.74, 6) is -1.02. The fourth-order valence-corrected chi connectivity index (χ4v) is 6.39. The third-order valence-corrected chi connectivity index (χ3v) is 10.1. The lowest BCUT2D eigenvalue weighted by Gasteiger charge is -2.18. The van der Waals surface area contributed by atoms with Gasteiger partial charge >= 0.3 is 17.9 Å². The molecule has 0 rings (SSSR count). The molecule has 0 saturated carbocycles. The number of carbonyl (C=O) groups is 3. The van der Waals surface area contributed by atoms with Crippen molar-refractivity contribution < 1.29 is 28.6 Å². The standard InChI is InChI=1S/C59H92O6/c1-4-7-10-13-16-19-22-25-28-29-32-34-37-40-43-46-49-52-58(61)64-55-56(65-59(62)53-50-47-44-41-38-35-31-27-24-21-18-15-12-9-6-3)54-63-57(60)51-48-45-42-39-36-33-30-26-23-20-17-14-11-8-5-2/h7-12,16-21,25-28,30-32,34,40,43,56H,4-6,13-15,22-24,29,33,35-39,41-42,44-55H2,1-3H3/b10-7-,11-8-,12-9-,19-16-,20-17-,21-18-,28-25-,30-26-,31-27-,34-32-,43-40-/t56-/m1/s1. The SMILES string of the molecule is CC/C=C\C/C=C\C/C=C\C/C=C\C/C=C\CCCC(=O)OC[C@@H](COC(=O)CCCCCCC/C=C\C/C=C\C/C=C\CC)OC(=O)CCCCCCC/C=C\C/C=C\C/C=C\CC. The smallest absolute Gasteiger partial charge is 0.306 e. The molecule has 0 unspecified atom stereocenters. The number of carbonyl (C=O) groups excluding carboxylic acids is 3. The van der Waals surface area contributed by atoms with Gasteiger partial charge in [0.15, 0.2) is 6.10 Å². The highest BCUT2D eigenvalue weighted by atomic mass is 16.6. The molecule has 1 atom stereocenters. The van der Waals surface area contributed by atoms with E-state index in [1.807, 2.05) is 0 Å². The third-order valence-electron chi connectivity index (χ3n) is 10.1. The lowest BCUT2D eigenvalue weighted by Crippen LogP contribution is -2.30. The second-order valence-corrected chi connectivity index (χ2v) is 16.3. The molecule has 0 aromatic carbocycles. The molecule has 364 valence electrons. The van der Waals surface area contributed by atoms with Gasteiger partial charge in [0, 0.05) is 19.3 Å². The topological polar surface area (TPSA) is 78.9 Å². The average molecular weight is 897 g/mol. The van der Waals surface area contributed by atoms with Crippen LogP contribution in [0.1, 0.15) is 201 Å². The maximum atomic E-state index is 12.8. The molecule has 0 saturated heterocycles. The zero-order chi connectivity index (χ0) is 47.2. The number of esters is 3. The highest BCUT2D eigenvalue weighted by molar-refractivity contribution is 5.71. The summed E-state index contributed by atoms with van der Waals surface area (Å²) in [6, 6.07) is 0. The third kappa shape index (κ3) is 50.4. The monoisotopic (exact) mass is 897 g/mol. The van der Waals surface area contributed by atoms with E-state index in [0.29, 0.717) is 12.8 Å². The Morgan fingerprint density at radius 3 is 0.923 bits per heavy atom. The van der Waals surface area contributed by atoms with E-state index in [1.165, 1.54) is 0 Å². The molecule has 0 aliphatic rings. The molecule has 65 heavy (non-hydrogen) atoms.